The van der Waals surface area contributed by atoms with Crippen molar-refractivity contribution in [2.45, 2.75) is 26.3 Å². The lowest BCUT2D eigenvalue weighted by Crippen LogP contribution is -2.47. The van der Waals surface area contributed by atoms with E-state index in [1.54, 1.807) is 0 Å². The first-order chi connectivity index (χ1) is 10.3. The molecule has 1 atom stereocenters. The van der Waals surface area contributed by atoms with Crippen LogP contribution in [0.4, 0.5) is 5.13 Å². The molecule has 5 nitrogen and oxygen atoms in total. The summed E-state index contributed by atoms with van der Waals surface area (Å²) < 4.78 is 4.38. The lowest BCUT2D eigenvalue weighted by Gasteiger charge is -2.37. The number of rotatable bonds is 4. The molecule has 3 rings (SSSR count). The third kappa shape index (κ3) is 3.22. The fraction of sp³-hybridized carbons (Fsp3) is 0.533. The van der Waals surface area contributed by atoms with Crippen LogP contribution in [-0.2, 0) is 6.42 Å². The molecule has 0 aromatic carbocycles. The van der Waals surface area contributed by atoms with Crippen molar-refractivity contribution in [3.63, 3.8) is 0 Å². The summed E-state index contributed by atoms with van der Waals surface area (Å²) in [7, 11) is 0. The van der Waals surface area contributed by atoms with Crippen LogP contribution in [0.15, 0.2) is 24.5 Å². The zero-order valence-corrected chi connectivity index (χ0v) is 13.4. The Bertz CT molecular complexity index is 562. The van der Waals surface area contributed by atoms with Gasteiger partial charge in [-0.1, -0.05) is 13.0 Å². The lowest BCUT2D eigenvalue weighted by molar-refractivity contribution is 0.198. The van der Waals surface area contributed by atoms with E-state index in [1.165, 1.54) is 17.1 Å². The topological polar surface area (TPSA) is 45.2 Å². The second-order valence-corrected chi connectivity index (χ2v) is 6.06. The molecule has 1 aliphatic rings. The minimum absolute atomic E-state index is 0.418. The second-order valence-electron chi connectivity index (χ2n) is 5.33. The molecule has 0 radical (unpaired) electrons. The highest BCUT2D eigenvalue weighted by atomic mass is 32.1. The van der Waals surface area contributed by atoms with Crippen LogP contribution in [0.2, 0.25) is 0 Å². The van der Waals surface area contributed by atoms with Gasteiger partial charge in [-0.25, -0.2) is 4.98 Å². The van der Waals surface area contributed by atoms with Crippen LogP contribution in [0.3, 0.4) is 0 Å². The molecule has 3 heterocycles. The third-order valence-corrected chi connectivity index (χ3v) is 4.89. The van der Waals surface area contributed by atoms with Crippen LogP contribution in [0.25, 0.3) is 0 Å². The minimum atomic E-state index is 0.418. The van der Waals surface area contributed by atoms with Gasteiger partial charge in [-0.05, 0) is 18.6 Å². The molecule has 2 aromatic heterocycles. The molecule has 21 heavy (non-hydrogen) atoms. The van der Waals surface area contributed by atoms with Gasteiger partial charge in [-0.2, -0.15) is 4.37 Å². The average Bonchev–Trinajstić information content (AvgIpc) is 3.04. The Morgan fingerprint density at radius 1 is 1.29 bits per heavy atom. The largest absolute Gasteiger partial charge is 0.344 e. The quantitative estimate of drug-likeness (QED) is 0.868. The van der Waals surface area contributed by atoms with Crippen LogP contribution in [0, 0.1) is 0 Å². The van der Waals surface area contributed by atoms with E-state index >= 15 is 0 Å². The number of nitrogens with zero attached hydrogens (tertiary/aromatic N) is 5. The van der Waals surface area contributed by atoms with E-state index in [-0.39, 0.29) is 0 Å². The molecule has 112 valence electrons. The van der Waals surface area contributed by atoms with Crippen molar-refractivity contribution in [3.05, 3.63) is 35.9 Å². The van der Waals surface area contributed by atoms with E-state index < -0.39 is 0 Å². The van der Waals surface area contributed by atoms with Crippen molar-refractivity contribution in [3.8, 4) is 0 Å². The summed E-state index contributed by atoms with van der Waals surface area (Å²) in [5.74, 6) is 0.959. The first-order valence-corrected chi connectivity index (χ1v) is 8.26. The van der Waals surface area contributed by atoms with E-state index in [1.807, 2.05) is 18.5 Å². The highest BCUT2D eigenvalue weighted by molar-refractivity contribution is 7.09. The minimum Gasteiger partial charge on any atom is -0.344 e. The summed E-state index contributed by atoms with van der Waals surface area (Å²) in [4.78, 5) is 13.7. The molecule has 2 aromatic rings. The van der Waals surface area contributed by atoms with Crippen LogP contribution < -0.4 is 4.90 Å². The molecule has 1 aliphatic heterocycles. The Kier molecular flexibility index (Phi) is 4.45. The van der Waals surface area contributed by atoms with Crippen molar-refractivity contribution in [1.82, 2.24) is 19.2 Å². The van der Waals surface area contributed by atoms with Crippen molar-refractivity contribution >= 4 is 16.7 Å². The molecule has 0 spiro atoms. The Labute approximate surface area is 129 Å². The third-order valence-electron chi connectivity index (χ3n) is 4.07. The van der Waals surface area contributed by atoms with E-state index in [4.69, 9.17) is 0 Å². The first-order valence-electron chi connectivity index (χ1n) is 7.49. The van der Waals surface area contributed by atoms with Gasteiger partial charge in [0.05, 0.1) is 0 Å². The summed E-state index contributed by atoms with van der Waals surface area (Å²) in [5.41, 5.74) is 1.29. The molecule has 0 bridgehead atoms. The Hall–Kier alpha value is -1.53. The van der Waals surface area contributed by atoms with Crippen molar-refractivity contribution in [2.75, 3.05) is 31.1 Å². The number of pyridine rings is 1. The number of hydrogen-bond donors (Lipinski definition) is 0. The van der Waals surface area contributed by atoms with Gasteiger partial charge in [0.15, 0.2) is 0 Å². The highest BCUT2D eigenvalue weighted by Crippen LogP contribution is 2.24. The van der Waals surface area contributed by atoms with Gasteiger partial charge in [0.2, 0.25) is 5.13 Å². The number of aromatic nitrogens is 3. The second kappa shape index (κ2) is 6.49. The number of hydrogen-bond acceptors (Lipinski definition) is 6. The zero-order chi connectivity index (χ0) is 14.7. The SMILES string of the molecule is CCc1nsc(N2CCN(C(C)c3cccnc3)CC2)n1. The Morgan fingerprint density at radius 2 is 2.10 bits per heavy atom. The predicted octanol–water partition coefficient (Wildman–Crippen LogP) is 2.38. The molecule has 0 amide bonds. The summed E-state index contributed by atoms with van der Waals surface area (Å²) in [5, 5.41) is 1.07. The maximum Gasteiger partial charge on any atom is 0.205 e. The van der Waals surface area contributed by atoms with Gasteiger partial charge in [0.1, 0.15) is 5.82 Å². The molecule has 0 N–H and O–H groups in total. The molecule has 0 aliphatic carbocycles. The molecule has 6 heteroatoms. The molecular formula is C15H21N5S. The molecule has 0 saturated carbocycles. The van der Waals surface area contributed by atoms with E-state index in [0.29, 0.717) is 6.04 Å². The molecule has 1 saturated heterocycles. The monoisotopic (exact) mass is 303 g/mol. The maximum atomic E-state index is 4.59. The predicted molar refractivity (Wildman–Crippen MR) is 85.7 cm³/mol. The normalized spacial score (nSPS) is 17.9. The molecule has 1 fully saturated rings. The van der Waals surface area contributed by atoms with Crippen LogP contribution in [0.5, 0.6) is 0 Å². The average molecular weight is 303 g/mol. The smallest absolute Gasteiger partial charge is 0.205 e. The van der Waals surface area contributed by atoms with Crippen LogP contribution in [0.1, 0.15) is 31.3 Å². The fourth-order valence-electron chi connectivity index (χ4n) is 2.65. The molecule has 1 unspecified atom stereocenters. The summed E-state index contributed by atoms with van der Waals surface area (Å²) in [6, 6.07) is 4.58. The zero-order valence-electron chi connectivity index (χ0n) is 12.6. The highest BCUT2D eigenvalue weighted by Gasteiger charge is 2.23. The first kappa shape index (κ1) is 14.4. The number of piperazine rings is 1. The summed E-state index contributed by atoms with van der Waals surface area (Å²) >= 11 is 1.52. The number of aryl methyl sites for hydroxylation is 1. The van der Waals surface area contributed by atoms with Crippen LogP contribution in [-0.4, -0.2) is 45.4 Å². The maximum absolute atomic E-state index is 4.59. The fourth-order valence-corrected chi connectivity index (χ4v) is 3.45. The van der Waals surface area contributed by atoms with E-state index in [2.05, 4.69) is 44.1 Å². The van der Waals surface area contributed by atoms with Crippen molar-refractivity contribution < 1.29 is 0 Å². The van der Waals surface area contributed by atoms with E-state index in [9.17, 15) is 0 Å². The summed E-state index contributed by atoms with van der Waals surface area (Å²) in [6.07, 6.45) is 4.71. The van der Waals surface area contributed by atoms with Gasteiger partial charge < -0.3 is 4.90 Å². The van der Waals surface area contributed by atoms with Gasteiger partial charge >= 0.3 is 0 Å². The Morgan fingerprint density at radius 3 is 2.71 bits per heavy atom. The standard InChI is InChI=1S/C15H21N5S/c1-3-14-17-15(21-18-14)20-9-7-19(8-10-20)12(2)13-5-4-6-16-11-13/h4-6,11-12H,3,7-10H2,1-2H3. The Balaban J connectivity index is 1.60. The van der Waals surface area contributed by atoms with Crippen molar-refractivity contribution in [2.24, 2.45) is 0 Å². The van der Waals surface area contributed by atoms with Gasteiger partial charge in [0, 0.05) is 62.6 Å². The van der Waals surface area contributed by atoms with Gasteiger partial charge in [-0.15, -0.1) is 0 Å². The van der Waals surface area contributed by atoms with Crippen molar-refractivity contribution in [1.29, 1.82) is 0 Å². The van der Waals surface area contributed by atoms with Crippen LogP contribution >= 0.6 is 11.5 Å². The van der Waals surface area contributed by atoms with Gasteiger partial charge in [0.25, 0.3) is 0 Å². The van der Waals surface area contributed by atoms with E-state index in [0.717, 1.165) is 43.6 Å². The summed E-state index contributed by atoms with van der Waals surface area (Å²) in [6.45, 7) is 8.49. The van der Waals surface area contributed by atoms with Gasteiger partial charge in [-0.3, -0.25) is 9.88 Å². The lowest BCUT2D eigenvalue weighted by atomic mass is 10.1. The molecular weight excluding hydrogens is 282 g/mol. The number of anilines is 1.